The minimum Gasteiger partial charge on any atom is -0.344 e. The Labute approximate surface area is 123 Å². The molecule has 1 heterocycles. The molecule has 0 aliphatic carbocycles. The highest BCUT2D eigenvalue weighted by Crippen LogP contribution is 2.25. The number of thiocarbonyl (C=S) groups is 1. The number of hydrogen-bond acceptors (Lipinski definition) is 1. The number of piperidine rings is 1. The van der Waals surface area contributed by atoms with Crippen molar-refractivity contribution in [3.63, 3.8) is 0 Å². The second-order valence-electron chi connectivity index (χ2n) is 5.10. The van der Waals surface area contributed by atoms with Crippen LogP contribution in [0.1, 0.15) is 33.1 Å². The van der Waals surface area contributed by atoms with Gasteiger partial charge in [-0.2, -0.15) is 0 Å². The SMILES string of the molecule is CC1CCCC(C)N1C(=S)Nc1ccc(F)c(Cl)c1. The van der Waals surface area contributed by atoms with Gasteiger partial charge in [-0.05, 0) is 63.5 Å². The van der Waals surface area contributed by atoms with Crippen molar-refractivity contribution in [2.75, 3.05) is 5.32 Å². The van der Waals surface area contributed by atoms with E-state index in [9.17, 15) is 4.39 Å². The van der Waals surface area contributed by atoms with E-state index < -0.39 is 5.82 Å². The van der Waals surface area contributed by atoms with E-state index in [1.807, 2.05) is 0 Å². The quantitative estimate of drug-likeness (QED) is 0.772. The summed E-state index contributed by atoms with van der Waals surface area (Å²) in [6, 6.07) is 5.41. The van der Waals surface area contributed by atoms with Crippen molar-refractivity contribution >= 4 is 34.6 Å². The van der Waals surface area contributed by atoms with Gasteiger partial charge in [0.1, 0.15) is 5.82 Å². The Morgan fingerprint density at radius 3 is 2.58 bits per heavy atom. The largest absolute Gasteiger partial charge is 0.344 e. The van der Waals surface area contributed by atoms with E-state index in [2.05, 4.69) is 24.1 Å². The van der Waals surface area contributed by atoms with E-state index in [-0.39, 0.29) is 5.02 Å². The first-order chi connectivity index (χ1) is 8.99. The van der Waals surface area contributed by atoms with Crippen LogP contribution in [0.5, 0.6) is 0 Å². The summed E-state index contributed by atoms with van der Waals surface area (Å²) >= 11 is 11.2. The molecule has 2 unspecified atom stereocenters. The maximum atomic E-state index is 13.1. The molecule has 2 rings (SSSR count). The number of nitrogens with one attached hydrogen (secondary N) is 1. The fourth-order valence-electron chi connectivity index (χ4n) is 2.58. The molecule has 1 aliphatic heterocycles. The molecule has 0 saturated carbocycles. The predicted octanol–water partition coefficient (Wildman–Crippen LogP) is 4.44. The van der Waals surface area contributed by atoms with Gasteiger partial charge in [-0.3, -0.25) is 0 Å². The monoisotopic (exact) mass is 300 g/mol. The van der Waals surface area contributed by atoms with Crippen LogP contribution in [0, 0.1) is 5.82 Å². The lowest BCUT2D eigenvalue weighted by atomic mass is 9.98. The van der Waals surface area contributed by atoms with Crippen molar-refractivity contribution in [1.82, 2.24) is 4.90 Å². The van der Waals surface area contributed by atoms with Crippen LogP contribution in [0.2, 0.25) is 5.02 Å². The minimum atomic E-state index is -0.419. The smallest absolute Gasteiger partial charge is 0.173 e. The van der Waals surface area contributed by atoms with Gasteiger partial charge in [0.2, 0.25) is 0 Å². The molecule has 1 aliphatic rings. The van der Waals surface area contributed by atoms with Crippen LogP contribution in [0.3, 0.4) is 0 Å². The Kier molecular flexibility index (Phi) is 4.63. The summed E-state index contributed by atoms with van der Waals surface area (Å²) in [6.45, 7) is 4.36. The molecule has 2 atom stereocenters. The lowest BCUT2D eigenvalue weighted by molar-refractivity contribution is 0.194. The Balaban J connectivity index is 2.09. The molecule has 0 spiro atoms. The topological polar surface area (TPSA) is 15.3 Å². The van der Waals surface area contributed by atoms with Crippen molar-refractivity contribution in [3.8, 4) is 0 Å². The number of rotatable bonds is 1. The van der Waals surface area contributed by atoms with Crippen molar-refractivity contribution in [2.24, 2.45) is 0 Å². The van der Waals surface area contributed by atoms with Crippen LogP contribution in [0.4, 0.5) is 10.1 Å². The van der Waals surface area contributed by atoms with Crippen molar-refractivity contribution < 1.29 is 4.39 Å². The summed E-state index contributed by atoms with van der Waals surface area (Å²) in [5.74, 6) is -0.419. The highest BCUT2D eigenvalue weighted by Gasteiger charge is 2.26. The molecular weight excluding hydrogens is 283 g/mol. The van der Waals surface area contributed by atoms with E-state index in [0.717, 1.165) is 18.5 Å². The Morgan fingerprint density at radius 2 is 2.00 bits per heavy atom. The first-order valence-corrected chi connectivity index (χ1v) is 7.32. The summed E-state index contributed by atoms with van der Waals surface area (Å²) in [5.41, 5.74) is 0.723. The average molecular weight is 301 g/mol. The zero-order chi connectivity index (χ0) is 14.0. The number of nitrogens with zero attached hydrogens (tertiary/aromatic N) is 1. The Morgan fingerprint density at radius 1 is 1.37 bits per heavy atom. The van der Waals surface area contributed by atoms with Crippen LogP contribution >= 0.6 is 23.8 Å². The third kappa shape index (κ3) is 3.37. The number of likely N-dealkylation sites (tertiary alicyclic amines) is 1. The summed E-state index contributed by atoms with van der Waals surface area (Å²) in [5, 5.41) is 3.93. The molecule has 1 fully saturated rings. The fourth-order valence-corrected chi connectivity index (χ4v) is 3.24. The van der Waals surface area contributed by atoms with Crippen molar-refractivity contribution in [1.29, 1.82) is 0 Å². The van der Waals surface area contributed by atoms with Crippen LogP contribution < -0.4 is 5.32 Å². The summed E-state index contributed by atoms with van der Waals surface area (Å²) < 4.78 is 13.1. The van der Waals surface area contributed by atoms with E-state index in [0.29, 0.717) is 17.2 Å². The second-order valence-corrected chi connectivity index (χ2v) is 5.89. The van der Waals surface area contributed by atoms with Crippen LogP contribution in [-0.4, -0.2) is 22.1 Å². The van der Waals surface area contributed by atoms with Gasteiger partial charge in [0.15, 0.2) is 5.11 Å². The standard InChI is InChI=1S/C14H18ClFN2S/c1-9-4-3-5-10(2)18(9)14(19)17-11-6-7-13(16)12(15)8-11/h6-10H,3-5H2,1-2H3,(H,17,19). The Bertz CT molecular complexity index is 471. The average Bonchev–Trinajstić information content (AvgIpc) is 2.33. The lowest BCUT2D eigenvalue weighted by Crippen LogP contribution is -2.49. The van der Waals surface area contributed by atoms with Crippen LogP contribution in [-0.2, 0) is 0 Å². The zero-order valence-electron chi connectivity index (χ0n) is 11.1. The maximum Gasteiger partial charge on any atom is 0.173 e. The van der Waals surface area contributed by atoms with Crippen molar-refractivity contribution in [3.05, 3.63) is 29.0 Å². The molecule has 5 heteroatoms. The van der Waals surface area contributed by atoms with Crippen LogP contribution in [0.25, 0.3) is 0 Å². The van der Waals surface area contributed by atoms with E-state index in [1.165, 1.54) is 12.5 Å². The highest BCUT2D eigenvalue weighted by molar-refractivity contribution is 7.80. The summed E-state index contributed by atoms with van der Waals surface area (Å²) in [6.07, 6.45) is 3.54. The fraction of sp³-hybridized carbons (Fsp3) is 0.500. The molecule has 0 bridgehead atoms. The normalized spacial score (nSPS) is 23.3. The molecule has 1 saturated heterocycles. The molecule has 1 aromatic carbocycles. The first-order valence-electron chi connectivity index (χ1n) is 6.53. The van der Waals surface area contributed by atoms with Gasteiger partial charge >= 0.3 is 0 Å². The van der Waals surface area contributed by atoms with Gasteiger partial charge in [-0.25, -0.2) is 4.39 Å². The first kappa shape index (κ1) is 14.5. The third-order valence-electron chi connectivity index (χ3n) is 3.60. The molecule has 0 radical (unpaired) electrons. The number of anilines is 1. The lowest BCUT2D eigenvalue weighted by Gasteiger charge is -2.40. The molecule has 0 aromatic heterocycles. The molecule has 2 nitrogen and oxygen atoms in total. The van der Waals surface area contributed by atoms with Gasteiger partial charge in [-0.1, -0.05) is 11.6 Å². The number of halogens is 2. The predicted molar refractivity (Wildman–Crippen MR) is 82.2 cm³/mol. The summed E-state index contributed by atoms with van der Waals surface area (Å²) in [4.78, 5) is 2.22. The van der Waals surface area contributed by atoms with Crippen LogP contribution in [0.15, 0.2) is 18.2 Å². The second kappa shape index (κ2) is 6.06. The van der Waals surface area contributed by atoms with E-state index in [1.54, 1.807) is 12.1 Å². The summed E-state index contributed by atoms with van der Waals surface area (Å²) in [7, 11) is 0. The van der Waals surface area contributed by atoms with Gasteiger partial charge in [-0.15, -0.1) is 0 Å². The molecule has 104 valence electrons. The molecule has 1 aromatic rings. The molecule has 19 heavy (non-hydrogen) atoms. The van der Waals surface area contributed by atoms with Gasteiger partial charge in [0.05, 0.1) is 5.02 Å². The zero-order valence-corrected chi connectivity index (χ0v) is 12.7. The minimum absolute atomic E-state index is 0.104. The molecule has 0 amide bonds. The van der Waals surface area contributed by atoms with Gasteiger partial charge in [0.25, 0.3) is 0 Å². The van der Waals surface area contributed by atoms with Gasteiger partial charge in [0, 0.05) is 17.8 Å². The van der Waals surface area contributed by atoms with Crippen molar-refractivity contribution in [2.45, 2.75) is 45.2 Å². The molecule has 1 N–H and O–H groups in total. The number of benzene rings is 1. The van der Waals surface area contributed by atoms with E-state index >= 15 is 0 Å². The maximum absolute atomic E-state index is 13.1. The Hall–Kier alpha value is -0.870. The van der Waals surface area contributed by atoms with E-state index in [4.69, 9.17) is 23.8 Å². The number of hydrogen-bond donors (Lipinski definition) is 1. The molecular formula is C14H18ClFN2S. The third-order valence-corrected chi connectivity index (χ3v) is 4.20. The van der Waals surface area contributed by atoms with Gasteiger partial charge < -0.3 is 10.2 Å². The highest BCUT2D eigenvalue weighted by atomic mass is 35.5.